The molecule has 3 rings (SSSR count). The first-order valence-corrected chi connectivity index (χ1v) is 9.48. The standard InChI is InChI=1S/C22H29N3O/c1-25(2)21-10-8-17(9-11-21)12-14-24-22(26)19-6-3-5-18(15-19)20-7-4-13-23-16-20/h3,5-6,8-11,15,20,23H,4,7,12-14,16H2,1-2H3,(H,24,26). The smallest absolute Gasteiger partial charge is 0.251 e. The highest BCUT2D eigenvalue weighted by atomic mass is 16.1. The van der Waals surface area contributed by atoms with Crippen LogP contribution in [0.15, 0.2) is 48.5 Å². The van der Waals surface area contributed by atoms with Crippen molar-refractivity contribution < 1.29 is 4.79 Å². The minimum absolute atomic E-state index is 0.0144. The van der Waals surface area contributed by atoms with E-state index in [1.807, 2.05) is 26.2 Å². The Morgan fingerprint density at radius 1 is 1.19 bits per heavy atom. The molecule has 1 unspecified atom stereocenters. The normalized spacial score (nSPS) is 16.9. The maximum absolute atomic E-state index is 12.5. The molecule has 26 heavy (non-hydrogen) atoms. The first kappa shape index (κ1) is 18.5. The number of amides is 1. The quantitative estimate of drug-likeness (QED) is 0.840. The van der Waals surface area contributed by atoms with Crippen molar-refractivity contribution in [3.8, 4) is 0 Å². The highest BCUT2D eigenvalue weighted by molar-refractivity contribution is 5.94. The Balaban J connectivity index is 1.53. The summed E-state index contributed by atoms with van der Waals surface area (Å²) in [5.41, 5.74) is 4.45. The molecule has 0 aliphatic carbocycles. The minimum Gasteiger partial charge on any atom is -0.378 e. The fourth-order valence-electron chi connectivity index (χ4n) is 3.45. The van der Waals surface area contributed by atoms with Crippen LogP contribution in [0.2, 0.25) is 0 Å². The van der Waals surface area contributed by atoms with E-state index in [2.05, 4.69) is 51.9 Å². The summed E-state index contributed by atoms with van der Waals surface area (Å²) in [7, 11) is 4.07. The van der Waals surface area contributed by atoms with Crippen molar-refractivity contribution in [1.82, 2.24) is 10.6 Å². The number of rotatable bonds is 6. The predicted octanol–water partition coefficient (Wildman–Crippen LogP) is 3.19. The van der Waals surface area contributed by atoms with E-state index in [1.165, 1.54) is 29.7 Å². The molecule has 1 fully saturated rings. The molecule has 2 aromatic rings. The van der Waals surface area contributed by atoms with Gasteiger partial charge in [0, 0.05) is 38.4 Å². The summed E-state index contributed by atoms with van der Waals surface area (Å²) in [5.74, 6) is 0.534. The third-order valence-electron chi connectivity index (χ3n) is 5.07. The van der Waals surface area contributed by atoms with Crippen molar-refractivity contribution in [3.63, 3.8) is 0 Å². The Bertz CT molecular complexity index is 718. The Kier molecular flexibility index (Phi) is 6.29. The molecule has 0 radical (unpaired) electrons. The van der Waals surface area contributed by atoms with E-state index in [4.69, 9.17) is 0 Å². The van der Waals surface area contributed by atoms with Crippen LogP contribution in [0.3, 0.4) is 0 Å². The van der Waals surface area contributed by atoms with Gasteiger partial charge in [0.25, 0.3) is 5.91 Å². The summed E-state index contributed by atoms with van der Waals surface area (Å²) >= 11 is 0. The fraction of sp³-hybridized carbons (Fsp3) is 0.409. The van der Waals surface area contributed by atoms with Crippen LogP contribution in [0.1, 0.15) is 40.2 Å². The van der Waals surface area contributed by atoms with Crippen molar-refractivity contribution in [2.24, 2.45) is 0 Å². The molecule has 0 saturated carbocycles. The van der Waals surface area contributed by atoms with Crippen LogP contribution >= 0.6 is 0 Å². The van der Waals surface area contributed by atoms with Gasteiger partial charge in [-0.25, -0.2) is 0 Å². The number of carbonyl (C=O) groups excluding carboxylic acids is 1. The number of nitrogens with zero attached hydrogens (tertiary/aromatic N) is 1. The Labute approximate surface area is 156 Å². The number of hydrogen-bond donors (Lipinski definition) is 2. The van der Waals surface area contributed by atoms with E-state index >= 15 is 0 Å². The van der Waals surface area contributed by atoms with Crippen LogP contribution in [0.25, 0.3) is 0 Å². The van der Waals surface area contributed by atoms with E-state index in [0.29, 0.717) is 12.5 Å². The Morgan fingerprint density at radius 3 is 2.69 bits per heavy atom. The van der Waals surface area contributed by atoms with Gasteiger partial charge in [0.1, 0.15) is 0 Å². The molecule has 0 spiro atoms. The maximum Gasteiger partial charge on any atom is 0.251 e. The second-order valence-corrected chi connectivity index (χ2v) is 7.24. The molecular formula is C22H29N3O. The Morgan fingerprint density at radius 2 is 2.00 bits per heavy atom. The topological polar surface area (TPSA) is 44.4 Å². The lowest BCUT2D eigenvalue weighted by Crippen LogP contribution is -2.29. The van der Waals surface area contributed by atoms with Crippen molar-refractivity contribution >= 4 is 11.6 Å². The first-order chi connectivity index (χ1) is 12.6. The number of piperidine rings is 1. The molecule has 0 bridgehead atoms. The van der Waals surface area contributed by atoms with Crippen LogP contribution < -0.4 is 15.5 Å². The number of anilines is 1. The van der Waals surface area contributed by atoms with Crippen molar-refractivity contribution in [2.75, 3.05) is 38.6 Å². The number of carbonyl (C=O) groups is 1. The zero-order valence-corrected chi connectivity index (χ0v) is 15.8. The average Bonchev–Trinajstić information content (AvgIpc) is 2.69. The molecule has 0 aromatic heterocycles. The lowest BCUT2D eigenvalue weighted by molar-refractivity contribution is 0.0954. The molecule has 1 amide bonds. The van der Waals surface area contributed by atoms with E-state index in [1.54, 1.807) is 0 Å². The molecule has 1 aliphatic rings. The van der Waals surface area contributed by atoms with Crippen LogP contribution in [0.4, 0.5) is 5.69 Å². The van der Waals surface area contributed by atoms with Gasteiger partial charge in [0.2, 0.25) is 0 Å². The predicted molar refractivity (Wildman–Crippen MR) is 108 cm³/mol. The van der Waals surface area contributed by atoms with Gasteiger partial charge in [-0.1, -0.05) is 24.3 Å². The van der Waals surface area contributed by atoms with E-state index < -0.39 is 0 Å². The number of hydrogen-bond acceptors (Lipinski definition) is 3. The van der Waals surface area contributed by atoms with Gasteiger partial charge < -0.3 is 15.5 Å². The van der Waals surface area contributed by atoms with Crippen LogP contribution in [-0.4, -0.2) is 39.6 Å². The molecular weight excluding hydrogens is 322 g/mol. The van der Waals surface area contributed by atoms with Gasteiger partial charge in [-0.2, -0.15) is 0 Å². The summed E-state index contributed by atoms with van der Waals surface area (Å²) in [6, 6.07) is 16.6. The van der Waals surface area contributed by atoms with Gasteiger partial charge in [-0.15, -0.1) is 0 Å². The molecule has 4 nitrogen and oxygen atoms in total. The van der Waals surface area contributed by atoms with Crippen LogP contribution in [0.5, 0.6) is 0 Å². The van der Waals surface area contributed by atoms with Crippen molar-refractivity contribution in [1.29, 1.82) is 0 Å². The number of nitrogens with one attached hydrogen (secondary N) is 2. The second kappa shape index (κ2) is 8.86. The van der Waals surface area contributed by atoms with Crippen molar-refractivity contribution in [2.45, 2.75) is 25.2 Å². The zero-order chi connectivity index (χ0) is 18.4. The molecule has 1 atom stereocenters. The Hall–Kier alpha value is -2.33. The van der Waals surface area contributed by atoms with Gasteiger partial charge >= 0.3 is 0 Å². The SMILES string of the molecule is CN(C)c1ccc(CCNC(=O)c2cccc(C3CCCNC3)c2)cc1. The van der Waals surface area contributed by atoms with E-state index in [0.717, 1.165) is 25.1 Å². The third kappa shape index (κ3) is 4.85. The lowest BCUT2D eigenvalue weighted by atomic mass is 9.90. The van der Waals surface area contributed by atoms with E-state index in [9.17, 15) is 4.79 Å². The molecule has 138 valence electrons. The van der Waals surface area contributed by atoms with Crippen LogP contribution in [-0.2, 0) is 6.42 Å². The number of benzene rings is 2. The highest BCUT2D eigenvalue weighted by Crippen LogP contribution is 2.23. The average molecular weight is 351 g/mol. The largest absolute Gasteiger partial charge is 0.378 e. The zero-order valence-electron chi connectivity index (χ0n) is 15.8. The summed E-state index contributed by atoms with van der Waals surface area (Å²) in [4.78, 5) is 14.6. The highest BCUT2D eigenvalue weighted by Gasteiger charge is 2.16. The van der Waals surface area contributed by atoms with Gasteiger partial charge in [-0.3, -0.25) is 4.79 Å². The van der Waals surface area contributed by atoms with Gasteiger partial charge in [0.05, 0.1) is 0 Å². The maximum atomic E-state index is 12.5. The summed E-state index contributed by atoms with van der Waals surface area (Å²) < 4.78 is 0. The summed E-state index contributed by atoms with van der Waals surface area (Å²) in [6.07, 6.45) is 3.24. The summed E-state index contributed by atoms with van der Waals surface area (Å²) in [6.45, 7) is 2.76. The first-order valence-electron chi connectivity index (χ1n) is 9.48. The molecule has 4 heteroatoms. The van der Waals surface area contributed by atoms with Crippen LogP contribution in [0, 0.1) is 0 Å². The molecule has 2 N–H and O–H groups in total. The monoisotopic (exact) mass is 351 g/mol. The molecule has 1 saturated heterocycles. The molecule has 1 heterocycles. The molecule has 1 aliphatic heterocycles. The third-order valence-corrected chi connectivity index (χ3v) is 5.07. The second-order valence-electron chi connectivity index (χ2n) is 7.24. The minimum atomic E-state index is 0.0144. The molecule has 2 aromatic carbocycles. The lowest BCUT2D eigenvalue weighted by Gasteiger charge is -2.23. The van der Waals surface area contributed by atoms with Crippen molar-refractivity contribution in [3.05, 3.63) is 65.2 Å². The summed E-state index contributed by atoms with van der Waals surface area (Å²) in [5, 5.41) is 6.49. The van der Waals surface area contributed by atoms with Gasteiger partial charge in [-0.05, 0) is 67.1 Å². The van der Waals surface area contributed by atoms with E-state index in [-0.39, 0.29) is 5.91 Å². The van der Waals surface area contributed by atoms with Gasteiger partial charge in [0.15, 0.2) is 0 Å². The fourth-order valence-corrected chi connectivity index (χ4v) is 3.45.